The first-order valence-corrected chi connectivity index (χ1v) is 6.18. The van der Waals surface area contributed by atoms with Crippen molar-refractivity contribution in [1.82, 2.24) is 5.32 Å². The van der Waals surface area contributed by atoms with Crippen molar-refractivity contribution in [2.45, 2.75) is 33.3 Å². The van der Waals surface area contributed by atoms with E-state index in [1.165, 1.54) is 0 Å². The standard InChI is InChI=1S/C13H20ClNO/c1-4-11(9-15-5-2)16-13-7-6-10(3)8-12(13)14/h6-8,11,15H,4-5,9H2,1-3H3. The highest BCUT2D eigenvalue weighted by Crippen LogP contribution is 2.26. The molecule has 2 nitrogen and oxygen atoms in total. The highest BCUT2D eigenvalue weighted by atomic mass is 35.5. The summed E-state index contributed by atoms with van der Waals surface area (Å²) in [6.07, 6.45) is 1.15. The molecule has 0 amide bonds. The fraction of sp³-hybridized carbons (Fsp3) is 0.538. The molecule has 0 saturated heterocycles. The molecule has 0 bridgehead atoms. The van der Waals surface area contributed by atoms with Crippen LogP contribution in [0.15, 0.2) is 18.2 Å². The zero-order valence-corrected chi connectivity index (χ0v) is 11.0. The molecular weight excluding hydrogens is 222 g/mol. The summed E-state index contributed by atoms with van der Waals surface area (Å²) in [5.74, 6) is 0.775. The van der Waals surface area contributed by atoms with Crippen molar-refractivity contribution in [2.24, 2.45) is 0 Å². The molecule has 16 heavy (non-hydrogen) atoms. The highest BCUT2D eigenvalue weighted by molar-refractivity contribution is 6.32. The Balaban J connectivity index is 2.62. The largest absolute Gasteiger partial charge is 0.488 e. The van der Waals surface area contributed by atoms with E-state index in [0.29, 0.717) is 5.02 Å². The molecule has 1 N–H and O–H groups in total. The van der Waals surface area contributed by atoms with Gasteiger partial charge in [-0.05, 0) is 37.6 Å². The van der Waals surface area contributed by atoms with Gasteiger partial charge in [0.1, 0.15) is 11.9 Å². The van der Waals surface area contributed by atoms with E-state index in [-0.39, 0.29) is 6.10 Å². The van der Waals surface area contributed by atoms with Gasteiger partial charge in [0.15, 0.2) is 0 Å². The third-order valence-corrected chi connectivity index (χ3v) is 2.75. The van der Waals surface area contributed by atoms with Gasteiger partial charge >= 0.3 is 0 Å². The van der Waals surface area contributed by atoms with Crippen LogP contribution in [0.3, 0.4) is 0 Å². The molecule has 0 radical (unpaired) electrons. The average Bonchev–Trinajstić information content (AvgIpc) is 2.27. The van der Waals surface area contributed by atoms with E-state index >= 15 is 0 Å². The summed E-state index contributed by atoms with van der Waals surface area (Å²) in [6, 6.07) is 5.88. The van der Waals surface area contributed by atoms with E-state index in [4.69, 9.17) is 16.3 Å². The molecule has 1 unspecified atom stereocenters. The van der Waals surface area contributed by atoms with Crippen LogP contribution in [0.1, 0.15) is 25.8 Å². The molecule has 1 rings (SSSR count). The lowest BCUT2D eigenvalue weighted by Crippen LogP contribution is -2.30. The molecule has 1 aromatic carbocycles. The van der Waals surface area contributed by atoms with Crippen molar-refractivity contribution in [1.29, 1.82) is 0 Å². The molecule has 0 heterocycles. The molecule has 0 fully saturated rings. The lowest BCUT2D eigenvalue weighted by molar-refractivity contribution is 0.194. The Morgan fingerprint density at radius 3 is 2.69 bits per heavy atom. The van der Waals surface area contributed by atoms with Gasteiger partial charge in [0.05, 0.1) is 5.02 Å². The fourth-order valence-corrected chi connectivity index (χ4v) is 1.74. The van der Waals surface area contributed by atoms with E-state index in [0.717, 1.165) is 30.8 Å². The van der Waals surface area contributed by atoms with E-state index in [1.807, 2.05) is 25.1 Å². The molecule has 3 heteroatoms. The van der Waals surface area contributed by atoms with Crippen molar-refractivity contribution < 1.29 is 4.74 Å². The molecule has 0 spiro atoms. The molecule has 1 aromatic rings. The minimum Gasteiger partial charge on any atom is -0.488 e. The van der Waals surface area contributed by atoms with E-state index in [1.54, 1.807) is 0 Å². The van der Waals surface area contributed by atoms with Crippen LogP contribution in [0.5, 0.6) is 5.75 Å². The maximum absolute atomic E-state index is 6.12. The molecule has 1 atom stereocenters. The summed E-state index contributed by atoms with van der Waals surface area (Å²) in [6.45, 7) is 8.04. The second-order valence-corrected chi connectivity index (χ2v) is 4.30. The Bertz CT molecular complexity index is 328. The molecule has 0 aromatic heterocycles. The van der Waals surface area contributed by atoms with Crippen LogP contribution in [0.4, 0.5) is 0 Å². The Morgan fingerprint density at radius 1 is 1.38 bits per heavy atom. The van der Waals surface area contributed by atoms with Crippen LogP contribution in [0.2, 0.25) is 5.02 Å². The summed E-state index contributed by atoms with van der Waals surface area (Å²) < 4.78 is 5.86. The zero-order chi connectivity index (χ0) is 12.0. The van der Waals surface area contributed by atoms with E-state index in [2.05, 4.69) is 19.2 Å². The number of hydrogen-bond acceptors (Lipinski definition) is 2. The maximum Gasteiger partial charge on any atom is 0.138 e. The lowest BCUT2D eigenvalue weighted by Gasteiger charge is -2.18. The van der Waals surface area contributed by atoms with Gasteiger partial charge in [-0.2, -0.15) is 0 Å². The number of nitrogens with one attached hydrogen (secondary N) is 1. The first-order valence-electron chi connectivity index (χ1n) is 5.80. The minimum absolute atomic E-state index is 0.181. The quantitative estimate of drug-likeness (QED) is 0.824. The number of aryl methyl sites for hydroxylation is 1. The second-order valence-electron chi connectivity index (χ2n) is 3.89. The second kappa shape index (κ2) is 6.77. The lowest BCUT2D eigenvalue weighted by atomic mass is 10.2. The SMILES string of the molecule is CCNCC(CC)Oc1ccc(C)cc1Cl. The molecule has 0 saturated carbocycles. The van der Waals surface area contributed by atoms with Crippen LogP contribution in [0, 0.1) is 6.92 Å². The van der Waals surface area contributed by atoms with Gasteiger partial charge < -0.3 is 10.1 Å². The summed E-state index contributed by atoms with van der Waals surface area (Å²) in [5.41, 5.74) is 1.15. The topological polar surface area (TPSA) is 21.3 Å². The minimum atomic E-state index is 0.181. The van der Waals surface area contributed by atoms with Gasteiger partial charge in [-0.3, -0.25) is 0 Å². The van der Waals surface area contributed by atoms with Crippen LogP contribution in [-0.2, 0) is 0 Å². The first kappa shape index (κ1) is 13.3. The summed E-state index contributed by atoms with van der Waals surface area (Å²) >= 11 is 6.12. The van der Waals surface area contributed by atoms with Gasteiger partial charge in [-0.15, -0.1) is 0 Å². The third kappa shape index (κ3) is 4.03. The van der Waals surface area contributed by atoms with Crippen molar-refractivity contribution in [3.8, 4) is 5.75 Å². The van der Waals surface area contributed by atoms with Crippen LogP contribution in [0.25, 0.3) is 0 Å². The molecule has 0 aliphatic rings. The number of ether oxygens (including phenoxy) is 1. The number of likely N-dealkylation sites (N-methyl/N-ethyl adjacent to an activating group) is 1. The molecule has 0 aliphatic heterocycles. The number of halogens is 1. The van der Waals surface area contributed by atoms with Crippen LogP contribution >= 0.6 is 11.6 Å². The smallest absolute Gasteiger partial charge is 0.138 e. The van der Waals surface area contributed by atoms with Crippen molar-refractivity contribution in [2.75, 3.05) is 13.1 Å². The summed E-state index contributed by atoms with van der Waals surface area (Å²) in [7, 11) is 0. The monoisotopic (exact) mass is 241 g/mol. The fourth-order valence-electron chi connectivity index (χ4n) is 1.46. The van der Waals surface area contributed by atoms with Gasteiger partial charge in [0, 0.05) is 6.54 Å². The predicted octanol–water partition coefficient (Wildman–Crippen LogP) is 3.42. The summed E-state index contributed by atoms with van der Waals surface area (Å²) in [5, 5.41) is 3.97. The van der Waals surface area contributed by atoms with Crippen molar-refractivity contribution in [3.63, 3.8) is 0 Å². The Labute approximate surface area is 103 Å². The van der Waals surface area contributed by atoms with Gasteiger partial charge in [0.2, 0.25) is 0 Å². The Morgan fingerprint density at radius 2 is 2.12 bits per heavy atom. The van der Waals surface area contributed by atoms with Crippen LogP contribution < -0.4 is 10.1 Å². The first-order chi connectivity index (χ1) is 7.67. The van der Waals surface area contributed by atoms with Crippen molar-refractivity contribution in [3.05, 3.63) is 28.8 Å². The maximum atomic E-state index is 6.12. The Hall–Kier alpha value is -0.730. The molecular formula is C13H20ClNO. The zero-order valence-electron chi connectivity index (χ0n) is 10.2. The predicted molar refractivity (Wildman–Crippen MR) is 69.4 cm³/mol. The Kier molecular flexibility index (Phi) is 5.64. The number of rotatable bonds is 6. The van der Waals surface area contributed by atoms with Gasteiger partial charge in [-0.1, -0.05) is 31.5 Å². The van der Waals surface area contributed by atoms with E-state index < -0.39 is 0 Å². The van der Waals surface area contributed by atoms with Gasteiger partial charge in [-0.25, -0.2) is 0 Å². The number of hydrogen-bond donors (Lipinski definition) is 1. The average molecular weight is 242 g/mol. The van der Waals surface area contributed by atoms with Crippen LogP contribution in [-0.4, -0.2) is 19.2 Å². The molecule has 90 valence electrons. The normalized spacial score (nSPS) is 12.5. The number of benzene rings is 1. The third-order valence-electron chi connectivity index (χ3n) is 2.46. The van der Waals surface area contributed by atoms with Gasteiger partial charge in [0.25, 0.3) is 0 Å². The van der Waals surface area contributed by atoms with Crippen molar-refractivity contribution >= 4 is 11.6 Å². The molecule has 0 aliphatic carbocycles. The summed E-state index contributed by atoms with van der Waals surface area (Å²) in [4.78, 5) is 0. The van der Waals surface area contributed by atoms with E-state index in [9.17, 15) is 0 Å². The highest BCUT2D eigenvalue weighted by Gasteiger charge is 2.09.